The van der Waals surface area contributed by atoms with Crippen molar-refractivity contribution in [1.82, 2.24) is 0 Å². The van der Waals surface area contributed by atoms with Crippen molar-refractivity contribution in [3.05, 3.63) is 0 Å². The van der Waals surface area contributed by atoms with Crippen LogP contribution in [-0.2, 0) is 14.3 Å². The Morgan fingerprint density at radius 1 is 1.28 bits per heavy atom. The summed E-state index contributed by atoms with van der Waals surface area (Å²) in [6.07, 6.45) is 6.22. The van der Waals surface area contributed by atoms with E-state index in [2.05, 4.69) is 0 Å². The molecule has 1 rings (SSSR count). The first-order valence-electron chi connectivity index (χ1n) is 6.84. The average Bonchev–Trinajstić information content (AvgIpc) is 2.82. The van der Waals surface area contributed by atoms with Crippen molar-refractivity contribution in [3.63, 3.8) is 0 Å². The molecule has 1 fully saturated rings. The molecule has 18 heavy (non-hydrogen) atoms. The van der Waals surface area contributed by atoms with Crippen LogP contribution in [0.5, 0.6) is 0 Å². The molecule has 0 aliphatic heterocycles. The number of methoxy groups -OCH3 is 1. The van der Waals surface area contributed by atoms with Gasteiger partial charge in [0.2, 0.25) is 0 Å². The predicted molar refractivity (Wildman–Crippen MR) is 75.9 cm³/mol. The lowest BCUT2D eigenvalue weighted by atomic mass is 9.91. The zero-order chi connectivity index (χ0) is 13.4. The third-order valence-corrected chi connectivity index (χ3v) is 4.64. The molecule has 4 heteroatoms. The maximum Gasteiger partial charge on any atom is 0.194 e. The van der Waals surface area contributed by atoms with Crippen LogP contribution in [0.1, 0.15) is 46.0 Å². The van der Waals surface area contributed by atoms with Crippen LogP contribution in [-0.4, -0.2) is 37.3 Å². The largest absolute Gasteiger partial charge is 0.384 e. The zero-order valence-electron chi connectivity index (χ0n) is 11.9. The van der Waals surface area contributed by atoms with Gasteiger partial charge in [0.25, 0.3) is 0 Å². The summed E-state index contributed by atoms with van der Waals surface area (Å²) < 4.78 is 10.8. The molecule has 0 aromatic rings. The van der Waals surface area contributed by atoms with E-state index in [1.807, 2.05) is 13.8 Å². The smallest absolute Gasteiger partial charge is 0.194 e. The number of hydrogen-bond acceptors (Lipinski definition) is 4. The second-order valence-electron chi connectivity index (χ2n) is 5.54. The lowest BCUT2D eigenvalue weighted by Gasteiger charge is -2.23. The van der Waals surface area contributed by atoms with E-state index in [-0.39, 0.29) is 10.5 Å². The molecule has 0 N–H and O–H groups in total. The number of carbonyl (C=O) groups excluding carboxylic acids is 1. The summed E-state index contributed by atoms with van der Waals surface area (Å²) in [5, 5.41) is 0.245. The van der Waals surface area contributed by atoms with Gasteiger partial charge in [-0.2, -0.15) is 0 Å². The minimum atomic E-state index is -0.295. The Bertz CT molecular complexity index is 247. The molecule has 3 nitrogen and oxygen atoms in total. The fourth-order valence-electron chi connectivity index (χ4n) is 2.05. The number of ether oxygens (including phenoxy) is 2. The molecule has 0 bridgehead atoms. The Labute approximate surface area is 115 Å². The molecule has 0 amide bonds. The van der Waals surface area contributed by atoms with Crippen molar-refractivity contribution < 1.29 is 14.3 Å². The highest BCUT2D eigenvalue weighted by Crippen LogP contribution is 2.29. The van der Waals surface area contributed by atoms with Gasteiger partial charge in [0, 0.05) is 24.9 Å². The highest BCUT2D eigenvalue weighted by Gasteiger charge is 2.28. The normalized spacial score (nSPS) is 17.3. The third kappa shape index (κ3) is 5.72. The van der Waals surface area contributed by atoms with Gasteiger partial charge in [-0.3, -0.25) is 4.79 Å². The molecule has 1 aliphatic rings. The zero-order valence-corrected chi connectivity index (χ0v) is 12.7. The second-order valence-corrected chi connectivity index (χ2v) is 6.61. The standard InChI is InChI=1S/C14H26O3S/c1-14(2,13(15)18-11-10-16-3)8-9-17-12-6-4-5-7-12/h12H,4-11H2,1-3H3. The van der Waals surface area contributed by atoms with Gasteiger partial charge in [0.15, 0.2) is 5.12 Å². The van der Waals surface area contributed by atoms with Gasteiger partial charge in [0.05, 0.1) is 12.7 Å². The number of rotatable bonds is 8. The maximum atomic E-state index is 12.0. The Morgan fingerprint density at radius 2 is 1.94 bits per heavy atom. The fraction of sp³-hybridized carbons (Fsp3) is 0.929. The van der Waals surface area contributed by atoms with Crippen LogP contribution in [0.4, 0.5) is 0 Å². The summed E-state index contributed by atoms with van der Waals surface area (Å²) in [7, 11) is 1.66. The van der Waals surface area contributed by atoms with Crippen molar-refractivity contribution in [1.29, 1.82) is 0 Å². The molecule has 1 aliphatic carbocycles. The van der Waals surface area contributed by atoms with Gasteiger partial charge in [0.1, 0.15) is 0 Å². The summed E-state index contributed by atoms with van der Waals surface area (Å²) in [6, 6.07) is 0. The number of hydrogen-bond donors (Lipinski definition) is 0. The fourth-order valence-corrected chi connectivity index (χ4v) is 2.98. The molecule has 106 valence electrons. The minimum Gasteiger partial charge on any atom is -0.384 e. The van der Waals surface area contributed by atoms with E-state index in [4.69, 9.17) is 9.47 Å². The van der Waals surface area contributed by atoms with Crippen molar-refractivity contribution in [2.75, 3.05) is 26.1 Å². The summed E-state index contributed by atoms with van der Waals surface area (Å²) in [5.74, 6) is 0.738. The highest BCUT2D eigenvalue weighted by molar-refractivity contribution is 8.13. The number of thioether (sulfide) groups is 1. The lowest BCUT2D eigenvalue weighted by molar-refractivity contribution is -0.119. The van der Waals surface area contributed by atoms with E-state index in [1.165, 1.54) is 37.4 Å². The van der Waals surface area contributed by atoms with Gasteiger partial charge in [-0.15, -0.1) is 0 Å². The van der Waals surface area contributed by atoms with Crippen LogP contribution in [0.15, 0.2) is 0 Å². The Hall–Kier alpha value is -0.0600. The second kappa shape index (κ2) is 8.18. The van der Waals surface area contributed by atoms with Gasteiger partial charge < -0.3 is 9.47 Å². The van der Waals surface area contributed by atoms with Gasteiger partial charge in [-0.05, 0) is 19.3 Å². The minimum absolute atomic E-state index is 0.245. The molecule has 0 radical (unpaired) electrons. The summed E-state index contributed by atoms with van der Waals surface area (Å²) in [6.45, 7) is 5.35. The highest BCUT2D eigenvalue weighted by atomic mass is 32.2. The van der Waals surface area contributed by atoms with E-state index < -0.39 is 0 Å². The molecular formula is C14H26O3S. The Balaban J connectivity index is 2.18. The van der Waals surface area contributed by atoms with Crippen molar-refractivity contribution in [2.45, 2.75) is 52.1 Å². The third-order valence-electron chi connectivity index (χ3n) is 3.46. The van der Waals surface area contributed by atoms with E-state index in [1.54, 1.807) is 7.11 Å². The Morgan fingerprint density at radius 3 is 2.56 bits per heavy atom. The molecule has 0 saturated heterocycles. The van der Waals surface area contributed by atoms with Crippen LogP contribution in [0.3, 0.4) is 0 Å². The molecule has 0 aromatic heterocycles. The van der Waals surface area contributed by atoms with Crippen LogP contribution < -0.4 is 0 Å². The Kier molecular flexibility index (Phi) is 7.27. The maximum absolute atomic E-state index is 12.0. The van der Waals surface area contributed by atoms with Crippen LogP contribution in [0.2, 0.25) is 0 Å². The van der Waals surface area contributed by atoms with Gasteiger partial charge in [-0.25, -0.2) is 0 Å². The van der Waals surface area contributed by atoms with Gasteiger partial charge in [-0.1, -0.05) is 38.5 Å². The first-order valence-corrected chi connectivity index (χ1v) is 7.82. The lowest BCUT2D eigenvalue weighted by Crippen LogP contribution is -2.25. The molecule has 0 unspecified atom stereocenters. The summed E-state index contributed by atoms with van der Waals surface area (Å²) in [4.78, 5) is 12.0. The average molecular weight is 274 g/mol. The van der Waals surface area contributed by atoms with E-state index in [0.29, 0.717) is 19.3 Å². The molecule has 0 heterocycles. The van der Waals surface area contributed by atoms with E-state index in [9.17, 15) is 4.79 Å². The molecule has 1 saturated carbocycles. The first kappa shape index (κ1) is 16.0. The van der Waals surface area contributed by atoms with Crippen molar-refractivity contribution >= 4 is 16.9 Å². The summed E-state index contributed by atoms with van der Waals surface area (Å²) in [5.41, 5.74) is -0.295. The molecule has 0 spiro atoms. The van der Waals surface area contributed by atoms with Crippen LogP contribution in [0, 0.1) is 5.41 Å². The van der Waals surface area contributed by atoms with E-state index >= 15 is 0 Å². The monoisotopic (exact) mass is 274 g/mol. The van der Waals surface area contributed by atoms with Crippen molar-refractivity contribution in [2.24, 2.45) is 5.41 Å². The topological polar surface area (TPSA) is 35.5 Å². The van der Waals surface area contributed by atoms with Crippen molar-refractivity contribution in [3.8, 4) is 0 Å². The quantitative estimate of drug-likeness (QED) is 0.636. The number of carbonyl (C=O) groups is 1. The SMILES string of the molecule is COCCSC(=O)C(C)(C)CCOC1CCCC1. The van der Waals surface area contributed by atoms with Crippen LogP contribution >= 0.6 is 11.8 Å². The molecular weight excluding hydrogens is 248 g/mol. The predicted octanol–water partition coefficient (Wildman–Crippen LogP) is 3.27. The first-order chi connectivity index (χ1) is 8.56. The van der Waals surface area contributed by atoms with Crippen LogP contribution in [0.25, 0.3) is 0 Å². The molecule has 0 atom stereocenters. The summed E-state index contributed by atoms with van der Waals surface area (Å²) >= 11 is 1.37. The van der Waals surface area contributed by atoms with Gasteiger partial charge >= 0.3 is 0 Å². The molecule has 0 aromatic carbocycles. The van der Waals surface area contributed by atoms with E-state index in [0.717, 1.165) is 12.2 Å².